The second-order valence-corrected chi connectivity index (χ2v) is 2.96. The quantitative estimate of drug-likeness (QED) is 0.798. The molecule has 0 aliphatic heterocycles. The summed E-state index contributed by atoms with van der Waals surface area (Å²) in [6.45, 7) is 0. The zero-order valence-corrected chi connectivity index (χ0v) is 8.39. The van der Waals surface area contributed by atoms with Gasteiger partial charge in [-0.25, -0.2) is 13.6 Å². The average Bonchev–Trinajstić information content (AvgIpc) is 2.20. The lowest BCUT2D eigenvalue weighted by atomic mass is 10.2. The first-order chi connectivity index (χ1) is 6.99. The molecular weight excluding hydrogens is 230 g/mol. The van der Waals surface area contributed by atoms with E-state index in [9.17, 15) is 13.6 Å². The van der Waals surface area contributed by atoms with Crippen LogP contribution < -0.4 is 5.73 Å². The third kappa shape index (κ3) is 2.15. The summed E-state index contributed by atoms with van der Waals surface area (Å²) < 4.78 is 29.0. The number of ether oxygens (including phenoxy) is 1. The molecule has 0 radical (unpaired) electrons. The minimum Gasteiger partial charge on any atom is -0.465 e. The molecule has 0 fully saturated rings. The predicted molar refractivity (Wildman–Crippen MR) is 50.0 cm³/mol. The van der Waals surface area contributed by atoms with Gasteiger partial charge in [0.1, 0.15) is 11.3 Å². The number of nitrogens with two attached hydrogens (primary N) is 1. The van der Waals surface area contributed by atoms with Crippen molar-refractivity contribution in [3.05, 3.63) is 22.5 Å². The van der Waals surface area contributed by atoms with Gasteiger partial charge in [-0.3, -0.25) is 4.98 Å². The van der Waals surface area contributed by atoms with E-state index in [0.29, 0.717) is 0 Å². The van der Waals surface area contributed by atoms with E-state index >= 15 is 0 Å². The largest absolute Gasteiger partial charge is 0.465 e. The molecule has 0 saturated carbocycles. The van der Waals surface area contributed by atoms with Crippen LogP contribution in [0.25, 0.3) is 0 Å². The number of nitrogens with zero attached hydrogens (tertiary/aromatic N) is 1. The fourth-order valence-corrected chi connectivity index (χ4v) is 1.17. The summed E-state index contributed by atoms with van der Waals surface area (Å²) >= 11 is 5.52. The van der Waals surface area contributed by atoms with E-state index in [-0.39, 0.29) is 11.3 Å². The van der Waals surface area contributed by atoms with Crippen molar-refractivity contribution in [2.24, 2.45) is 0 Å². The van der Waals surface area contributed by atoms with Gasteiger partial charge in [-0.05, 0) is 0 Å². The van der Waals surface area contributed by atoms with Crippen LogP contribution in [0.1, 0.15) is 22.5 Å². The van der Waals surface area contributed by atoms with Gasteiger partial charge in [0.2, 0.25) is 0 Å². The normalized spacial score (nSPS) is 10.5. The topological polar surface area (TPSA) is 65.2 Å². The zero-order valence-electron chi connectivity index (χ0n) is 7.63. The lowest BCUT2D eigenvalue weighted by molar-refractivity contribution is 0.0601. The molecule has 0 aliphatic rings. The molecule has 0 unspecified atom stereocenters. The maximum Gasteiger partial charge on any atom is 0.341 e. The Morgan fingerprint density at radius 1 is 1.67 bits per heavy atom. The molecule has 7 heteroatoms. The number of methoxy groups -OCH3 is 1. The third-order valence-electron chi connectivity index (χ3n) is 1.70. The van der Waals surface area contributed by atoms with Crippen molar-refractivity contribution < 1.29 is 18.3 Å². The van der Waals surface area contributed by atoms with E-state index in [1.165, 1.54) is 0 Å². The van der Waals surface area contributed by atoms with Gasteiger partial charge >= 0.3 is 5.97 Å². The van der Waals surface area contributed by atoms with Crippen LogP contribution in [0, 0.1) is 0 Å². The second kappa shape index (κ2) is 4.39. The molecule has 2 N–H and O–H groups in total. The van der Waals surface area contributed by atoms with Crippen molar-refractivity contribution in [1.82, 2.24) is 4.98 Å². The minimum atomic E-state index is -2.84. The first-order valence-electron chi connectivity index (χ1n) is 3.79. The fourth-order valence-electron chi connectivity index (χ4n) is 0.941. The number of anilines is 1. The van der Waals surface area contributed by atoms with Gasteiger partial charge in [0.05, 0.1) is 17.8 Å². The van der Waals surface area contributed by atoms with Crippen molar-refractivity contribution in [3.63, 3.8) is 0 Å². The lowest BCUT2D eigenvalue weighted by Gasteiger charge is -2.08. The number of aromatic nitrogens is 1. The highest BCUT2D eigenvalue weighted by Crippen LogP contribution is 2.31. The van der Waals surface area contributed by atoms with Gasteiger partial charge in [0.25, 0.3) is 6.43 Å². The molecule has 0 saturated heterocycles. The number of carbonyl (C=O) groups excluding carboxylic acids is 1. The maximum absolute atomic E-state index is 12.3. The predicted octanol–water partition coefficient (Wildman–Crippen LogP) is 2.04. The van der Waals surface area contributed by atoms with Crippen molar-refractivity contribution in [1.29, 1.82) is 0 Å². The average molecular weight is 237 g/mol. The standard InChI is InChI=1S/C8H7ClF2N2O2/c1-15-8(14)3-2-13-6(7(10)11)4(9)5(3)12/h2,7H,1H3,(H2,12,13). The van der Waals surface area contributed by atoms with Crippen molar-refractivity contribution in [2.75, 3.05) is 12.8 Å². The fraction of sp³-hybridized carbons (Fsp3) is 0.250. The van der Waals surface area contributed by atoms with Crippen LogP contribution in [0.3, 0.4) is 0 Å². The van der Waals surface area contributed by atoms with Gasteiger partial charge in [-0.1, -0.05) is 11.6 Å². The Bertz CT molecular complexity index is 398. The van der Waals surface area contributed by atoms with E-state index < -0.39 is 23.1 Å². The molecule has 0 atom stereocenters. The number of esters is 1. The summed E-state index contributed by atoms with van der Waals surface area (Å²) in [6.07, 6.45) is -1.93. The van der Waals surface area contributed by atoms with Crippen molar-refractivity contribution in [2.45, 2.75) is 6.43 Å². The molecule has 15 heavy (non-hydrogen) atoms. The van der Waals surface area contributed by atoms with Crippen LogP contribution in [0.5, 0.6) is 0 Å². The van der Waals surface area contributed by atoms with Crippen LogP contribution >= 0.6 is 11.6 Å². The summed E-state index contributed by atoms with van der Waals surface area (Å²) in [4.78, 5) is 14.4. The van der Waals surface area contributed by atoms with E-state index in [4.69, 9.17) is 17.3 Å². The van der Waals surface area contributed by atoms with Crippen LogP contribution in [0.4, 0.5) is 14.5 Å². The molecule has 1 aromatic heterocycles. The SMILES string of the molecule is COC(=O)c1cnc(C(F)F)c(Cl)c1N. The van der Waals surface area contributed by atoms with E-state index in [2.05, 4.69) is 9.72 Å². The second-order valence-electron chi connectivity index (χ2n) is 2.58. The first-order valence-corrected chi connectivity index (χ1v) is 4.17. The number of pyridine rings is 1. The van der Waals surface area contributed by atoms with Crippen molar-refractivity contribution >= 4 is 23.3 Å². The molecule has 0 bridgehead atoms. The van der Waals surface area contributed by atoms with E-state index in [1.807, 2.05) is 0 Å². The molecule has 0 aliphatic carbocycles. The molecule has 1 heterocycles. The van der Waals surface area contributed by atoms with Gasteiger partial charge in [0, 0.05) is 6.20 Å². The number of nitrogen functional groups attached to an aromatic ring is 1. The van der Waals surface area contributed by atoms with E-state index in [0.717, 1.165) is 13.3 Å². The Hall–Kier alpha value is -1.43. The first kappa shape index (κ1) is 11.6. The number of hydrogen-bond donors (Lipinski definition) is 1. The number of carbonyl (C=O) groups is 1. The lowest BCUT2D eigenvalue weighted by Crippen LogP contribution is -2.08. The maximum atomic E-state index is 12.3. The number of halogens is 3. The smallest absolute Gasteiger partial charge is 0.341 e. The van der Waals surface area contributed by atoms with Gasteiger partial charge in [0.15, 0.2) is 0 Å². The van der Waals surface area contributed by atoms with Crippen LogP contribution in [0.2, 0.25) is 5.02 Å². The number of hydrogen-bond acceptors (Lipinski definition) is 4. The molecule has 4 nitrogen and oxygen atoms in total. The Balaban J connectivity index is 3.27. The molecule has 0 aromatic carbocycles. The Morgan fingerprint density at radius 2 is 2.27 bits per heavy atom. The summed E-state index contributed by atoms with van der Waals surface area (Å²) in [5.41, 5.74) is 4.35. The minimum absolute atomic E-state index is 0.132. The summed E-state index contributed by atoms with van der Waals surface area (Å²) in [5.74, 6) is -0.775. The van der Waals surface area contributed by atoms with Gasteiger partial charge in [-0.2, -0.15) is 0 Å². The Morgan fingerprint density at radius 3 is 2.73 bits per heavy atom. The van der Waals surface area contributed by atoms with Gasteiger partial charge in [-0.15, -0.1) is 0 Å². The Kier molecular flexibility index (Phi) is 3.41. The molecule has 82 valence electrons. The number of alkyl halides is 2. The molecular formula is C8H7ClF2N2O2. The monoisotopic (exact) mass is 236 g/mol. The summed E-state index contributed by atoms with van der Waals surface area (Å²) in [5, 5.41) is -0.423. The molecule has 1 rings (SSSR count). The highest BCUT2D eigenvalue weighted by atomic mass is 35.5. The Labute approximate surface area is 89.0 Å². The van der Waals surface area contributed by atoms with E-state index in [1.54, 1.807) is 0 Å². The highest BCUT2D eigenvalue weighted by molar-refractivity contribution is 6.34. The molecule has 0 spiro atoms. The molecule has 0 amide bonds. The van der Waals surface area contributed by atoms with Crippen molar-refractivity contribution in [3.8, 4) is 0 Å². The number of rotatable bonds is 2. The van der Waals surface area contributed by atoms with Gasteiger partial charge < -0.3 is 10.5 Å². The van der Waals surface area contributed by atoms with Crippen LogP contribution in [-0.2, 0) is 4.74 Å². The summed E-state index contributed by atoms with van der Waals surface area (Å²) in [7, 11) is 1.14. The molecule has 1 aromatic rings. The van der Waals surface area contributed by atoms with Crippen LogP contribution in [0.15, 0.2) is 6.20 Å². The zero-order chi connectivity index (χ0) is 11.6. The third-order valence-corrected chi connectivity index (χ3v) is 2.09. The van der Waals surface area contributed by atoms with Crippen LogP contribution in [-0.4, -0.2) is 18.1 Å². The summed E-state index contributed by atoms with van der Waals surface area (Å²) in [6, 6.07) is 0. The highest BCUT2D eigenvalue weighted by Gasteiger charge is 2.21.